The van der Waals surface area contributed by atoms with Crippen molar-refractivity contribution in [3.63, 3.8) is 0 Å². The van der Waals surface area contributed by atoms with E-state index in [0.717, 1.165) is 23.3 Å². The summed E-state index contributed by atoms with van der Waals surface area (Å²) in [4.78, 5) is 12.7. The van der Waals surface area contributed by atoms with Crippen molar-refractivity contribution in [3.8, 4) is 0 Å². The number of carbonyl (C=O) groups is 1. The Morgan fingerprint density at radius 3 is 2.26 bits per heavy atom. The summed E-state index contributed by atoms with van der Waals surface area (Å²) in [5, 5.41) is 13.8. The number of nitrogens with one attached hydrogen (secondary N) is 1. The van der Waals surface area contributed by atoms with E-state index in [4.69, 9.17) is 10.5 Å². The third-order valence-electron chi connectivity index (χ3n) is 5.86. The van der Waals surface area contributed by atoms with Crippen LogP contribution in [-0.2, 0) is 17.6 Å². The summed E-state index contributed by atoms with van der Waals surface area (Å²) in [7, 11) is 0. The molecule has 0 aliphatic carbocycles. The highest BCUT2D eigenvalue weighted by molar-refractivity contribution is 8.00. The Labute approximate surface area is 189 Å². The Bertz CT molecular complexity index is 816. The van der Waals surface area contributed by atoms with E-state index in [0.29, 0.717) is 19.3 Å². The van der Waals surface area contributed by atoms with Gasteiger partial charge in [0.1, 0.15) is 6.10 Å². The molecule has 0 spiro atoms. The molecule has 0 unspecified atom stereocenters. The van der Waals surface area contributed by atoms with Crippen molar-refractivity contribution in [1.82, 2.24) is 5.32 Å². The molecule has 1 aliphatic rings. The van der Waals surface area contributed by atoms with E-state index < -0.39 is 18.2 Å². The fourth-order valence-corrected chi connectivity index (χ4v) is 5.19. The Morgan fingerprint density at radius 2 is 1.71 bits per heavy atom. The van der Waals surface area contributed by atoms with Gasteiger partial charge in [-0.3, -0.25) is 0 Å². The molecule has 1 heterocycles. The van der Waals surface area contributed by atoms with Crippen LogP contribution in [0.5, 0.6) is 0 Å². The number of carbonyl (C=O) groups excluding carboxylic acids is 1. The molecule has 1 saturated heterocycles. The second-order valence-electron chi connectivity index (χ2n) is 8.82. The third kappa shape index (κ3) is 7.27. The Hall–Kier alpha value is -2.02. The summed E-state index contributed by atoms with van der Waals surface area (Å²) in [5.41, 5.74) is 8.47. The lowest BCUT2D eigenvalue weighted by atomic mass is 9.94. The molecular weight excluding hydrogens is 408 g/mol. The maximum Gasteiger partial charge on any atom is 0.407 e. The van der Waals surface area contributed by atoms with Gasteiger partial charge in [-0.2, -0.15) is 11.8 Å². The lowest BCUT2D eigenvalue weighted by Crippen LogP contribution is -2.46. The average molecular weight is 443 g/mol. The molecule has 0 aromatic heterocycles. The Balaban J connectivity index is 1.62. The molecule has 1 aliphatic heterocycles. The number of benzene rings is 2. The summed E-state index contributed by atoms with van der Waals surface area (Å²) in [6, 6.07) is 19.2. The fourth-order valence-electron chi connectivity index (χ4n) is 3.98. The molecule has 4 N–H and O–H groups in total. The second-order valence-corrected chi connectivity index (χ2v) is 10.6. The number of amides is 1. The maximum atomic E-state index is 12.7. The number of thioether (sulfide) groups is 1. The molecule has 168 valence electrons. The summed E-state index contributed by atoms with van der Waals surface area (Å²) < 4.78 is 5.67. The van der Waals surface area contributed by atoms with Gasteiger partial charge in [0.25, 0.3) is 0 Å². The van der Waals surface area contributed by atoms with Gasteiger partial charge in [0, 0.05) is 16.8 Å². The van der Waals surface area contributed by atoms with Gasteiger partial charge in [-0.15, -0.1) is 0 Å². The number of rotatable bonds is 9. The van der Waals surface area contributed by atoms with Crippen molar-refractivity contribution in [2.24, 2.45) is 5.73 Å². The molecule has 2 aromatic rings. The van der Waals surface area contributed by atoms with Crippen molar-refractivity contribution >= 4 is 17.9 Å². The van der Waals surface area contributed by atoms with Gasteiger partial charge in [0.05, 0.1) is 6.10 Å². The number of aliphatic hydroxyl groups excluding tert-OH is 1. The van der Waals surface area contributed by atoms with E-state index in [2.05, 4.69) is 19.2 Å². The molecule has 4 atom stereocenters. The third-order valence-corrected chi connectivity index (χ3v) is 7.31. The molecule has 0 saturated carbocycles. The number of hydrogen-bond donors (Lipinski definition) is 3. The van der Waals surface area contributed by atoms with Crippen LogP contribution in [-0.4, -0.2) is 46.0 Å². The zero-order chi connectivity index (χ0) is 22.3. The number of ether oxygens (including phenoxy) is 1. The van der Waals surface area contributed by atoms with E-state index in [-0.39, 0.29) is 16.9 Å². The highest BCUT2D eigenvalue weighted by Gasteiger charge is 2.38. The van der Waals surface area contributed by atoms with E-state index in [1.54, 1.807) is 0 Å². The van der Waals surface area contributed by atoms with Crippen LogP contribution in [0.1, 0.15) is 37.8 Å². The molecule has 5 nitrogen and oxygen atoms in total. The summed E-state index contributed by atoms with van der Waals surface area (Å²) in [6.07, 6.45) is 1.13. The molecule has 6 heteroatoms. The summed E-state index contributed by atoms with van der Waals surface area (Å²) >= 11 is 1.83. The van der Waals surface area contributed by atoms with Gasteiger partial charge in [-0.05, 0) is 56.4 Å². The second kappa shape index (κ2) is 11.0. The summed E-state index contributed by atoms with van der Waals surface area (Å²) in [5.74, 6) is 0.992. The smallest absolute Gasteiger partial charge is 0.407 e. The van der Waals surface area contributed by atoms with Gasteiger partial charge in [-0.25, -0.2) is 4.79 Å². The van der Waals surface area contributed by atoms with Crippen LogP contribution >= 0.6 is 11.8 Å². The van der Waals surface area contributed by atoms with Gasteiger partial charge < -0.3 is 20.9 Å². The van der Waals surface area contributed by atoms with Crippen LogP contribution in [0.2, 0.25) is 0 Å². The molecule has 1 amide bonds. The Morgan fingerprint density at radius 1 is 1.13 bits per heavy atom. The molecule has 3 rings (SSSR count). The highest BCUT2D eigenvalue weighted by Crippen LogP contribution is 2.39. The predicted molar refractivity (Wildman–Crippen MR) is 127 cm³/mol. The molecular formula is C25H34N2O3S. The largest absolute Gasteiger partial charge is 0.445 e. The predicted octanol–water partition coefficient (Wildman–Crippen LogP) is 3.93. The van der Waals surface area contributed by atoms with Crippen LogP contribution in [0, 0.1) is 0 Å². The Kier molecular flexibility index (Phi) is 8.41. The van der Waals surface area contributed by atoms with Gasteiger partial charge in [0.15, 0.2) is 0 Å². The first-order valence-electron chi connectivity index (χ1n) is 11.0. The quantitative estimate of drug-likeness (QED) is 0.548. The van der Waals surface area contributed by atoms with Gasteiger partial charge in [0.2, 0.25) is 0 Å². The molecule has 31 heavy (non-hydrogen) atoms. The first-order valence-corrected chi connectivity index (χ1v) is 11.9. The first kappa shape index (κ1) is 23.6. The minimum atomic E-state index is -0.743. The SMILES string of the molecule is CC1(C)SCC[C@H]1OC(=O)N[C@@H](Cc1ccccc1)C[C@H](O)[C@@H](N)Cc1ccccc1. The molecule has 0 bridgehead atoms. The van der Waals surface area contributed by atoms with Gasteiger partial charge >= 0.3 is 6.09 Å². The van der Waals surface area contributed by atoms with Gasteiger partial charge in [-0.1, -0.05) is 60.7 Å². The molecule has 1 fully saturated rings. The van der Waals surface area contributed by atoms with Crippen molar-refractivity contribution in [2.45, 2.75) is 68.6 Å². The lowest BCUT2D eigenvalue weighted by molar-refractivity contribution is 0.0753. The lowest BCUT2D eigenvalue weighted by Gasteiger charge is -2.28. The highest BCUT2D eigenvalue weighted by atomic mass is 32.2. The monoisotopic (exact) mass is 442 g/mol. The van der Waals surface area contributed by atoms with E-state index in [1.165, 1.54) is 0 Å². The normalized spacial score (nSPS) is 20.6. The fraction of sp³-hybridized carbons (Fsp3) is 0.480. The van der Waals surface area contributed by atoms with Crippen molar-refractivity contribution < 1.29 is 14.6 Å². The first-order chi connectivity index (χ1) is 14.8. The van der Waals surface area contributed by atoms with E-state index >= 15 is 0 Å². The van der Waals surface area contributed by atoms with Crippen LogP contribution in [0.25, 0.3) is 0 Å². The maximum absolute atomic E-state index is 12.7. The number of nitrogens with two attached hydrogens (primary N) is 1. The van der Waals surface area contributed by atoms with Crippen molar-refractivity contribution in [1.29, 1.82) is 0 Å². The van der Waals surface area contributed by atoms with Crippen LogP contribution in [0.15, 0.2) is 60.7 Å². The number of aliphatic hydroxyl groups is 1. The van der Waals surface area contributed by atoms with Crippen LogP contribution in [0.4, 0.5) is 4.79 Å². The van der Waals surface area contributed by atoms with Crippen LogP contribution < -0.4 is 11.1 Å². The zero-order valence-corrected chi connectivity index (χ0v) is 19.2. The van der Waals surface area contributed by atoms with Crippen molar-refractivity contribution in [3.05, 3.63) is 71.8 Å². The minimum absolute atomic E-state index is 0.0795. The van der Waals surface area contributed by atoms with E-state index in [9.17, 15) is 9.90 Å². The average Bonchev–Trinajstić information content (AvgIpc) is 3.07. The zero-order valence-electron chi connectivity index (χ0n) is 18.4. The van der Waals surface area contributed by atoms with Crippen molar-refractivity contribution in [2.75, 3.05) is 5.75 Å². The number of hydrogen-bond acceptors (Lipinski definition) is 5. The topological polar surface area (TPSA) is 84.6 Å². The summed E-state index contributed by atoms with van der Waals surface area (Å²) in [6.45, 7) is 4.22. The number of alkyl carbamates (subject to hydrolysis) is 1. The van der Waals surface area contributed by atoms with E-state index in [1.807, 2.05) is 72.4 Å². The van der Waals surface area contributed by atoms with Crippen LogP contribution in [0.3, 0.4) is 0 Å². The minimum Gasteiger partial charge on any atom is -0.445 e. The molecule has 2 aromatic carbocycles. The molecule has 0 radical (unpaired) electrons. The standard InChI is InChI=1S/C25H34N2O3S/c1-25(2)23(13-14-31-25)30-24(29)27-20(15-18-9-5-3-6-10-18)17-22(28)21(26)16-19-11-7-4-8-12-19/h3-12,20-23,28H,13-17,26H2,1-2H3,(H,27,29)/t20-,21-,22-,23+/m0/s1.